The quantitative estimate of drug-likeness (QED) is 0.621. The van der Waals surface area contributed by atoms with E-state index >= 15 is 0 Å². The van der Waals surface area contributed by atoms with Gasteiger partial charge in [-0.05, 0) is 46.2 Å². The minimum Gasteiger partial charge on any atom is -0.462 e. The van der Waals surface area contributed by atoms with Crippen LogP contribution in [0.1, 0.15) is 50.0 Å². The Hall–Kier alpha value is -2.20. The third kappa shape index (κ3) is 8.10. The fourth-order valence-electron chi connectivity index (χ4n) is 3.10. The van der Waals surface area contributed by atoms with E-state index in [0.29, 0.717) is 19.5 Å². The maximum absolute atomic E-state index is 12.9. The van der Waals surface area contributed by atoms with Crippen molar-refractivity contribution in [3.05, 3.63) is 28.3 Å². The van der Waals surface area contributed by atoms with E-state index in [1.54, 1.807) is 27.7 Å². The molecule has 1 unspecified atom stereocenters. The Kier molecular flexibility index (Phi) is 8.04. The summed E-state index contributed by atoms with van der Waals surface area (Å²) in [6, 6.07) is 2.00. The van der Waals surface area contributed by atoms with Crippen LogP contribution in [0.3, 0.4) is 0 Å². The summed E-state index contributed by atoms with van der Waals surface area (Å²) in [5.74, 6) is -1.36. The summed E-state index contributed by atoms with van der Waals surface area (Å²) in [6.45, 7) is 7.83. The van der Waals surface area contributed by atoms with Gasteiger partial charge >= 0.3 is 18.4 Å². The Morgan fingerprint density at radius 3 is 2.52 bits per heavy atom. The second-order valence-electron chi connectivity index (χ2n) is 8.07. The SMILES string of the molecule is CCOC(=O)c1cc(Cl)c(CN2CCC(NC(=O)OC(C)(C)C)C2)c(OC(F)(F)F)c1. The number of halogens is 4. The summed E-state index contributed by atoms with van der Waals surface area (Å²) in [6.07, 6.45) is -4.93. The topological polar surface area (TPSA) is 77.1 Å². The Labute approximate surface area is 183 Å². The highest BCUT2D eigenvalue weighted by Crippen LogP contribution is 2.34. The Morgan fingerprint density at radius 1 is 1.26 bits per heavy atom. The number of nitrogens with zero attached hydrogens (tertiary/aromatic N) is 1. The van der Waals surface area contributed by atoms with Crippen molar-refractivity contribution in [1.29, 1.82) is 0 Å². The highest BCUT2D eigenvalue weighted by molar-refractivity contribution is 6.32. The predicted molar refractivity (Wildman–Crippen MR) is 107 cm³/mol. The molecular formula is C20H26ClF3N2O5. The third-order valence-corrected chi connectivity index (χ3v) is 4.60. The van der Waals surface area contributed by atoms with Crippen LogP contribution in [0.4, 0.5) is 18.0 Å². The van der Waals surface area contributed by atoms with Gasteiger partial charge in [0, 0.05) is 36.3 Å². The summed E-state index contributed by atoms with van der Waals surface area (Å²) in [4.78, 5) is 25.7. The van der Waals surface area contributed by atoms with Crippen molar-refractivity contribution in [3.63, 3.8) is 0 Å². The van der Waals surface area contributed by atoms with Crippen molar-refractivity contribution in [2.24, 2.45) is 0 Å². The summed E-state index contributed by atoms with van der Waals surface area (Å²) in [7, 11) is 0. The van der Waals surface area contributed by atoms with Gasteiger partial charge < -0.3 is 19.5 Å². The number of ether oxygens (including phenoxy) is 3. The molecule has 174 valence electrons. The van der Waals surface area contributed by atoms with Gasteiger partial charge in [-0.2, -0.15) is 0 Å². The van der Waals surface area contributed by atoms with Gasteiger partial charge in [-0.25, -0.2) is 9.59 Å². The van der Waals surface area contributed by atoms with Crippen molar-refractivity contribution in [2.75, 3.05) is 19.7 Å². The van der Waals surface area contributed by atoms with Crippen LogP contribution in [0.15, 0.2) is 12.1 Å². The normalized spacial score (nSPS) is 17.4. The van der Waals surface area contributed by atoms with Crippen LogP contribution in [0, 0.1) is 0 Å². The number of nitrogens with one attached hydrogen (secondary N) is 1. The first-order valence-electron chi connectivity index (χ1n) is 9.74. The molecule has 1 aliphatic heterocycles. The highest BCUT2D eigenvalue weighted by atomic mass is 35.5. The summed E-state index contributed by atoms with van der Waals surface area (Å²) in [5.41, 5.74) is -0.689. The molecule has 1 aliphatic rings. The molecule has 0 aromatic heterocycles. The van der Waals surface area contributed by atoms with Gasteiger partial charge in [0.2, 0.25) is 0 Å². The molecule has 1 atom stereocenters. The van der Waals surface area contributed by atoms with E-state index in [1.165, 1.54) is 6.07 Å². The van der Waals surface area contributed by atoms with Gasteiger partial charge in [0.1, 0.15) is 11.4 Å². The number of carbonyl (C=O) groups excluding carboxylic acids is 2. The van der Waals surface area contributed by atoms with Gasteiger partial charge in [-0.1, -0.05) is 11.6 Å². The molecule has 1 N–H and O–H groups in total. The van der Waals surface area contributed by atoms with Gasteiger partial charge in [-0.15, -0.1) is 13.2 Å². The Bertz CT molecular complexity index is 811. The average molecular weight is 467 g/mol. The molecule has 1 aromatic carbocycles. The minimum absolute atomic E-state index is 0.0415. The fraction of sp³-hybridized carbons (Fsp3) is 0.600. The summed E-state index contributed by atoms with van der Waals surface area (Å²) in [5, 5.41) is 2.70. The molecule has 1 amide bonds. The molecule has 0 aliphatic carbocycles. The standard InChI is InChI=1S/C20H26ClF3N2O5/c1-5-29-17(27)12-8-15(21)14(16(9-12)30-20(22,23)24)11-26-7-6-13(10-26)25-18(28)31-19(2,3)4/h8-9,13H,5-7,10-11H2,1-4H3,(H,25,28). The maximum Gasteiger partial charge on any atom is 0.573 e. The zero-order valence-electron chi connectivity index (χ0n) is 17.8. The number of rotatable bonds is 6. The first-order valence-corrected chi connectivity index (χ1v) is 10.1. The third-order valence-electron chi connectivity index (χ3n) is 4.27. The number of hydrogen-bond donors (Lipinski definition) is 1. The largest absolute Gasteiger partial charge is 0.573 e. The van der Waals surface area contributed by atoms with Crippen LogP contribution < -0.4 is 10.1 Å². The lowest BCUT2D eigenvalue weighted by molar-refractivity contribution is -0.275. The van der Waals surface area contributed by atoms with Crippen molar-refractivity contribution >= 4 is 23.7 Å². The fourth-order valence-corrected chi connectivity index (χ4v) is 3.38. The van der Waals surface area contributed by atoms with E-state index in [2.05, 4.69) is 10.1 Å². The van der Waals surface area contributed by atoms with E-state index < -0.39 is 29.8 Å². The molecule has 0 bridgehead atoms. The monoisotopic (exact) mass is 466 g/mol. The summed E-state index contributed by atoms with van der Waals surface area (Å²) >= 11 is 6.21. The van der Waals surface area contributed by atoms with Crippen molar-refractivity contribution in [3.8, 4) is 5.75 Å². The van der Waals surface area contributed by atoms with Gasteiger partial charge in [0.25, 0.3) is 0 Å². The first kappa shape index (κ1) is 25.1. The number of hydrogen-bond acceptors (Lipinski definition) is 6. The van der Waals surface area contributed by atoms with E-state index in [1.807, 2.05) is 4.90 Å². The lowest BCUT2D eigenvalue weighted by atomic mass is 10.1. The first-order chi connectivity index (χ1) is 14.3. The van der Waals surface area contributed by atoms with Crippen LogP contribution in [0.5, 0.6) is 5.75 Å². The number of esters is 1. The van der Waals surface area contributed by atoms with E-state index in [0.717, 1.165) is 6.07 Å². The average Bonchev–Trinajstić information content (AvgIpc) is 3.01. The van der Waals surface area contributed by atoms with E-state index in [-0.39, 0.29) is 35.3 Å². The second-order valence-corrected chi connectivity index (χ2v) is 8.48. The predicted octanol–water partition coefficient (Wildman–Crippen LogP) is 4.51. The number of likely N-dealkylation sites (tertiary alicyclic amines) is 1. The number of alkyl carbamates (subject to hydrolysis) is 1. The second kappa shape index (κ2) is 9.95. The van der Waals surface area contributed by atoms with E-state index in [9.17, 15) is 22.8 Å². The smallest absolute Gasteiger partial charge is 0.462 e. The molecule has 0 radical (unpaired) electrons. The van der Waals surface area contributed by atoms with Crippen molar-refractivity contribution in [1.82, 2.24) is 10.2 Å². The zero-order valence-corrected chi connectivity index (χ0v) is 18.5. The van der Waals surface area contributed by atoms with Crippen LogP contribution in [-0.2, 0) is 16.0 Å². The van der Waals surface area contributed by atoms with Crippen LogP contribution in [0.25, 0.3) is 0 Å². The lowest BCUT2D eigenvalue weighted by Crippen LogP contribution is -2.40. The number of carbonyl (C=O) groups is 2. The number of benzene rings is 1. The molecule has 31 heavy (non-hydrogen) atoms. The van der Waals surface area contributed by atoms with Crippen molar-refractivity contribution < 1.29 is 37.0 Å². The maximum atomic E-state index is 12.9. The van der Waals surface area contributed by atoms with Gasteiger partial charge in [0.15, 0.2) is 0 Å². The Morgan fingerprint density at radius 2 is 1.94 bits per heavy atom. The van der Waals surface area contributed by atoms with Gasteiger partial charge in [-0.3, -0.25) is 4.90 Å². The van der Waals surface area contributed by atoms with E-state index in [4.69, 9.17) is 21.1 Å². The molecule has 1 heterocycles. The molecular weight excluding hydrogens is 441 g/mol. The molecule has 11 heteroatoms. The molecule has 1 aromatic rings. The van der Waals surface area contributed by atoms with Crippen LogP contribution in [-0.4, -0.2) is 54.7 Å². The minimum atomic E-state index is -4.96. The number of alkyl halides is 3. The molecule has 7 nitrogen and oxygen atoms in total. The molecule has 2 rings (SSSR count). The highest BCUT2D eigenvalue weighted by Gasteiger charge is 2.34. The molecule has 0 saturated carbocycles. The van der Waals surface area contributed by atoms with Crippen LogP contribution >= 0.6 is 11.6 Å². The van der Waals surface area contributed by atoms with Gasteiger partial charge in [0.05, 0.1) is 12.2 Å². The zero-order chi connectivity index (χ0) is 23.4. The van der Waals surface area contributed by atoms with Crippen molar-refractivity contribution in [2.45, 2.75) is 58.7 Å². The van der Waals surface area contributed by atoms with Crippen LogP contribution in [0.2, 0.25) is 5.02 Å². The Balaban J connectivity index is 2.14. The molecule has 0 spiro atoms. The lowest BCUT2D eigenvalue weighted by Gasteiger charge is -2.23. The molecule has 1 saturated heterocycles. The number of amides is 1. The summed E-state index contributed by atoms with van der Waals surface area (Å²) < 4.78 is 53.0. The molecule has 1 fully saturated rings.